The van der Waals surface area contributed by atoms with E-state index in [9.17, 15) is 4.79 Å². The average molecular weight is 375 g/mol. The van der Waals surface area contributed by atoms with E-state index in [0.29, 0.717) is 41.8 Å². The number of carbonyl (C=O) groups excluding carboxylic acids is 1. The summed E-state index contributed by atoms with van der Waals surface area (Å²) in [6.45, 7) is 1.88. The molecule has 26 heavy (non-hydrogen) atoms. The van der Waals surface area contributed by atoms with Crippen molar-refractivity contribution in [1.82, 2.24) is 5.32 Å². The molecule has 1 amide bonds. The lowest BCUT2D eigenvalue weighted by atomic mass is 9.74. The third-order valence-electron chi connectivity index (χ3n) is 4.99. The Morgan fingerprint density at radius 1 is 1.27 bits per heavy atom. The van der Waals surface area contributed by atoms with E-state index in [4.69, 9.17) is 26.8 Å². The standard InChI is InChI=1S/C20H23ClN2O3/c1-25-18-12-17(22)16(21)11-15(18)19(24)23-13-20(7-9-26-10-8-20)14-5-3-2-4-6-14/h2-6,11-12H,7-10,13,22H2,1H3,(H,23,24). The monoisotopic (exact) mass is 374 g/mol. The van der Waals surface area contributed by atoms with Crippen LogP contribution in [0.2, 0.25) is 5.02 Å². The van der Waals surface area contributed by atoms with E-state index in [1.54, 1.807) is 12.1 Å². The van der Waals surface area contributed by atoms with Crippen molar-refractivity contribution in [2.75, 3.05) is 32.6 Å². The van der Waals surface area contributed by atoms with Crippen LogP contribution < -0.4 is 15.8 Å². The number of halogens is 1. The number of amides is 1. The predicted octanol–water partition coefficient (Wildman–Crippen LogP) is 3.41. The molecule has 138 valence electrons. The van der Waals surface area contributed by atoms with Crippen molar-refractivity contribution >= 4 is 23.2 Å². The Morgan fingerprint density at radius 3 is 2.62 bits per heavy atom. The third kappa shape index (κ3) is 3.79. The molecule has 0 aliphatic carbocycles. The zero-order valence-electron chi connectivity index (χ0n) is 14.8. The maximum Gasteiger partial charge on any atom is 0.255 e. The summed E-state index contributed by atoms with van der Waals surface area (Å²) in [5, 5.41) is 3.39. The molecule has 2 aromatic rings. The van der Waals surface area contributed by atoms with Crippen LogP contribution in [0, 0.1) is 0 Å². The number of hydrogen-bond donors (Lipinski definition) is 2. The fourth-order valence-electron chi connectivity index (χ4n) is 3.38. The van der Waals surface area contributed by atoms with Gasteiger partial charge in [0.2, 0.25) is 0 Å². The number of hydrogen-bond acceptors (Lipinski definition) is 4. The third-order valence-corrected chi connectivity index (χ3v) is 5.31. The first-order valence-corrected chi connectivity index (χ1v) is 8.98. The lowest BCUT2D eigenvalue weighted by molar-refractivity contribution is 0.0487. The zero-order chi connectivity index (χ0) is 18.6. The largest absolute Gasteiger partial charge is 0.496 e. The van der Waals surface area contributed by atoms with E-state index < -0.39 is 0 Å². The molecule has 0 saturated carbocycles. The van der Waals surface area contributed by atoms with Gasteiger partial charge in [-0.05, 0) is 24.5 Å². The molecule has 3 N–H and O–H groups in total. The number of methoxy groups -OCH3 is 1. The highest BCUT2D eigenvalue weighted by molar-refractivity contribution is 6.33. The number of anilines is 1. The molecule has 0 atom stereocenters. The smallest absolute Gasteiger partial charge is 0.255 e. The maximum atomic E-state index is 12.8. The number of rotatable bonds is 5. The minimum Gasteiger partial charge on any atom is -0.496 e. The first-order chi connectivity index (χ1) is 12.6. The SMILES string of the molecule is COc1cc(N)c(Cl)cc1C(=O)NCC1(c2ccccc2)CCOCC1. The van der Waals surface area contributed by atoms with Gasteiger partial charge in [0, 0.05) is 31.2 Å². The van der Waals surface area contributed by atoms with Crippen molar-refractivity contribution in [2.45, 2.75) is 18.3 Å². The number of carbonyl (C=O) groups is 1. The van der Waals surface area contributed by atoms with E-state index in [2.05, 4.69) is 17.4 Å². The summed E-state index contributed by atoms with van der Waals surface area (Å²) in [6.07, 6.45) is 1.72. The molecule has 1 fully saturated rings. The average Bonchev–Trinajstić information content (AvgIpc) is 2.69. The van der Waals surface area contributed by atoms with Gasteiger partial charge in [-0.15, -0.1) is 0 Å². The molecule has 0 unspecified atom stereocenters. The van der Waals surface area contributed by atoms with Crippen molar-refractivity contribution in [2.24, 2.45) is 0 Å². The first kappa shape index (κ1) is 18.5. The van der Waals surface area contributed by atoms with Crippen molar-refractivity contribution in [3.05, 3.63) is 58.6 Å². The number of ether oxygens (including phenoxy) is 2. The highest BCUT2D eigenvalue weighted by Crippen LogP contribution is 2.35. The van der Waals surface area contributed by atoms with Crippen molar-refractivity contribution in [3.8, 4) is 5.75 Å². The van der Waals surface area contributed by atoms with Gasteiger partial charge in [-0.3, -0.25) is 4.79 Å². The van der Waals surface area contributed by atoms with Crippen molar-refractivity contribution < 1.29 is 14.3 Å². The molecule has 0 radical (unpaired) electrons. The normalized spacial score (nSPS) is 16.1. The lowest BCUT2D eigenvalue weighted by Gasteiger charge is -2.38. The van der Waals surface area contributed by atoms with Gasteiger partial charge in [-0.25, -0.2) is 0 Å². The predicted molar refractivity (Wildman–Crippen MR) is 103 cm³/mol. The zero-order valence-corrected chi connectivity index (χ0v) is 15.5. The number of nitrogens with two attached hydrogens (primary N) is 1. The summed E-state index contributed by atoms with van der Waals surface area (Å²) in [5.74, 6) is 0.177. The van der Waals surface area contributed by atoms with Gasteiger partial charge >= 0.3 is 0 Å². The Balaban J connectivity index is 1.82. The lowest BCUT2D eigenvalue weighted by Crippen LogP contribution is -2.44. The molecule has 1 saturated heterocycles. The molecule has 3 rings (SSSR count). The van der Waals surface area contributed by atoms with Crippen molar-refractivity contribution in [1.29, 1.82) is 0 Å². The fraction of sp³-hybridized carbons (Fsp3) is 0.350. The summed E-state index contributed by atoms with van der Waals surface area (Å²) < 4.78 is 10.8. The number of nitrogen functional groups attached to an aromatic ring is 1. The molecule has 5 nitrogen and oxygen atoms in total. The van der Waals surface area contributed by atoms with Crippen LogP contribution in [0.15, 0.2) is 42.5 Å². The van der Waals surface area contributed by atoms with E-state index in [0.717, 1.165) is 12.8 Å². The van der Waals surface area contributed by atoms with Crippen LogP contribution in [0.25, 0.3) is 0 Å². The highest BCUT2D eigenvalue weighted by Gasteiger charge is 2.35. The molecular weight excluding hydrogens is 352 g/mol. The summed E-state index contributed by atoms with van der Waals surface area (Å²) in [4.78, 5) is 12.8. The van der Waals surface area contributed by atoms with E-state index in [1.807, 2.05) is 18.2 Å². The molecule has 0 bridgehead atoms. The first-order valence-electron chi connectivity index (χ1n) is 8.60. The molecule has 6 heteroatoms. The van der Waals surface area contributed by atoms with Crippen molar-refractivity contribution in [3.63, 3.8) is 0 Å². The highest BCUT2D eigenvalue weighted by atomic mass is 35.5. The molecule has 1 aliphatic rings. The van der Waals surface area contributed by atoms with Gasteiger partial charge in [-0.1, -0.05) is 41.9 Å². The second-order valence-electron chi connectivity index (χ2n) is 6.52. The molecule has 1 heterocycles. The Hall–Kier alpha value is -2.24. The minimum absolute atomic E-state index is 0.139. The number of nitrogens with one attached hydrogen (secondary N) is 1. The molecule has 0 spiro atoms. The van der Waals surface area contributed by atoms with Crippen LogP contribution in [0.3, 0.4) is 0 Å². The van der Waals surface area contributed by atoms with Gasteiger partial charge < -0.3 is 20.5 Å². The molecule has 0 aromatic heterocycles. The van der Waals surface area contributed by atoms with Crippen LogP contribution in [0.4, 0.5) is 5.69 Å². The summed E-state index contributed by atoms with van der Waals surface area (Å²) in [5.41, 5.74) is 7.63. The van der Waals surface area contributed by atoms with Crippen LogP contribution in [-0.4, -0.2) is 32.8 Å². The van der Waals surface area contributed by atoms with Crippen LogP contribution >= 0.6 is 11.6 Å². The van der Waals surface area contributed by atoms with Gasteiger partial charge in [0.1, 0.15) is 5.75 Å². The summed E-state index contributed by atoms with van der Waals surface area (Å²) in [6, 6.07) is 13.4. The Morgan fingerprint density at radius 2 is 1.96 bits per heavy atom. The Bertz CT molecular complexity index is 774. The topological polar surface area (TPSA) is 73.6 Å². The van der Waals surface area contributed by atoms with Gasteiger partial charge in [-0.2, -0.15) is 0 Å². The maximum absolute atomic E-state index is 12.8. The molecule has 2 aromatic carbocycles. The molecule has 1 aliphatic heterocycles. The van der Waals surface area contributed by atoms with Gasteiger partial charge in [0.05, 0.1) is 23.4 Å². The summed E-state index contributed by atoms with van der Waals surface area (Å²) >= 11 is 6.08. The Kier molecular flexibility index (Phi) is 5.69. The number of benzene rings is 2. The minimum atomic E-state index is -0.231. The molecular formula is C20H23ClN2O3. The van der Waals surface area contributed by atoms with E-state index in [1.165, 1.54) is 12.7 Å². The van der Waals surface area contributed by atoms with Gasteiger partial charge in [0.15, 0.2) is 0 Å². The Labute approximate surface area is 158 Å². The quantitative estimate of drug-likeness (QED) is 0.786. The van der Waals surface area contributed by atoms with E-state index >= 15 is 0 Å². The van der Waals surface area contributed by atoms with Gasteiger partial charge in [0.25, 0.3) is 5.91 Å². The van der Waals surface area contributed by atoms with Crippen LogP contribution in [0.1, 0.15) is 28.8 Å². The van der Waals surface area contributed by atoms with Crippen LogP contribution in [-0.2, 0) is 10.2 Å². The summed E-state index contributed by atoms with van der Waals surface area (Å²) in [7, 11) is 1.50. The van der Waals surface area contributed by atoms with E-state index in [-0.39, 0.29) is 11.3 Å². The second kappa shape index (κ2) is 7.98. The van der Waals surface area contributed by atoms with Crippen LogP contribution in [0.5, 0.6) is 5.75 Å². The fourth-order valence-corrected chi connectivity index (χ4v) is 3.55. The second-order valence-corrected chi connectivity index (χ2v) is 6.92.